The SMILES string of the molecule is Cc1cc(F)cc(NC(=O)NC2COCC2C(=O)O)c1. The molecule has 1 aromatic carbocycles. The van der Waals surface area contributed by atoms with Gasteiger partial charge in [-0.3, -0.25) is 4.79 Å². The first-order chi connectivity index (χ1) is 9.45. The van der Waals surface area contributed by atoms with E-state index in [1.165, 1.54) is 12.1 Å². The number of carboxylic acids is 1. The Balaban J connectivity index is 1.97. The molecule has 2 unspecified atom stereocenters. The number of aryl methyl sites for hydroxylation is 1. The molecule has 1 aromatic rings. The van der Waals surface area contributed by atoms with Crippen molar-refractivity contribution < 1.29 is 23.8 Å². The predicted octanol–water partition coefficient (Wildman–Crippen LogP) is 1.36. The Kier molecular flexibility index (Phi) is 4.19. The lowest BCUT2D eigenvalue weighted by atomic mass is 10.0. The second-order valence-corrected chi connectivity index (χ2v) is 4.70. The quantitative estimate of drug-likeness (QED) is 0.781. The molecule has 1 aliphatic rings. The zero-order valence-corrected chi connectivity index (χ0v) is 10.9. The van der Waals surface area contributed by atoms with Crippen molar-refractivity contribution in [2.45, 2.75) is 13.0 Å². The molecule has 108 valence electrons. The van der Waals surface area contributed by atoms with E-state index in [9.17, 15) is 14.0 Å². The minimum absolute atomic E-state index is 0.0688. The number of amides is 2. The van der Waals surface area contributed by atoms with Crippen molar-refractivity contribution in [3.8, 4) is 0 Å². The summed E-state index contributed by atoms with van der Waals surface area (Å²) < 4.78 is 18.2. The van der Waals surface area contributed by atoms with Crippen LogP contribution >= 0.6 is 0 Å². The van der Waals surface area contributed by atoms with E-state index in [1.807, 2.05) is 0 Å². The number of aliphatic carboxylic acids is 1. The Hall–Kier alpha value is -2.15. The lowest BCUT2D eigenvalue weighted by molar-refractivity contribution is -0.142. The summed E-state index contributed by atoms with van der Waals surface area (Å²) in [6, 6.07) is 2.96. The van der Waals surface area contributed by atoms with Crippen LogP contribution in [0.1, 0.15) is 5.56 Å². The molecule has 0 bridgehead atoms. The summed E-state index contributed by atoms with van der Waals surface area (Å²) in [4.78, 5) is 22.7. The van der Waals surface area contributed by atoms with Gasteiger partial charge < -0.3 is 20.5 Å². The van der Waals surface area contributed by atoms with Crippen LogP contribution in [-0.4, -0.2) is 36.4 Å². The van der Waals surface area contributed by atoms with Crippen LogP contribution in [0.2, 0.25) is 0 Å². The maximum atomic E-state index is 13.2. The van der Waals surface area contributed by atoms with Crippen molar-refractivity contribution in [2.24, 2.45) is 5.92 Å². The molecule has 2 atom stereocenters. The highest BCUT2D eigenvalue weighted by atomic mass is 19.1. The van der Waals surface area contributed by atoms with E-state index in [-0.39, 0.29) is 13.2 Å². The largest absolute Gasteiger partial charge is 0.481 e. The molecule has 3 N–H and O–H groups in total. The second kappa shape index (κ2) is 5.87. The van der Waals surface area contributed by atoms with Crippen LogP contribution in [0, 0.1) is 18.7 Å². The molecule has 7 heteroatoms. The lowest BCUT2D eigenvalue weighted by Crippen LogP contribution is -2.44. The summed E-state index contributed by atoms with van der Waals surface area (Å²) in [5.74, 6) is -2.24. The highest BCUT2D eigenvalue weighted by Crippen LogP contribution is 2.15. The fourth-order valence-electron chi connectivity index (χ4n) is 2.08. The molecule has 0 radical (unpaired) electrons. The molecule has 0 spiro atoms. The van der Waals surface area contributed by atoms with Gasteiger partial charge in [-0.2, -0.15) is 0 Å². The zero-order chi connectivity index (χ0) is 14.7. The number of hydrogen-bond donors (Lipinski definition) is 3. The molecule has 2 rings (SSSR count). The van der Waals surface area contributed by atoms with Gasteiger partial charge in [0.2, 0.25) is 0 Å². The molecule has 0 aliphatic carbocycles. The van der Waals surface area contributed by atoms with Gasteiger partial charge in [-0.1, -0.05) is 0 Å². The van der Waals surface area contributed by atoms with Crippen molar-refractivity contribution >= 4 is 17.7 Å². The first kappa shape index (κ1) is 14.3. The van der Waals surface area contributed by atoms with Gasteiger partial charge in [-0.15, -0.1) is 0 Å². The summed E-state index contributed by atoms with van der Waals surface area (Å²) in [5, 5.41) is 13.9. The average Bonchev–Trinajstić information content (AvgIpc) is 2.75. The third kappa shape index (κ3) is 3.45. The molecule has 6 nitrogen and oxygen atoms in total. The molecule has 0 saturated carbocycles. The number of ether oxygens (including phenoxy) is 1. The molecule has 2 amide bonds. The standard InChI is InChI=1S/C13H15FN2O4/c1-7-2-8(14)4-9(3-7)15-13(19)16-11-6-20-5-10(11)12(17)18/h2-4,10-11H,5-6H2,1H3,(H,17,18)(H2,15,16,19). The third-order valence-corrected chi connectivity index (χ3v) is 3.01. The van der Waals surface area contributed by atoms with E-state index in [2.05, 4.69) is 10.6 Å². The summed E-state index contributed by atoms with van der Waals surface area (Å²) >= 11 is 0. The number of carboxylic acid groups (broad SMARTS) is 1. The summed E-state index contributed by atoms with van der Waals surface area (Å²) in [5.41, 5.74) is 0.985. The van der Waals surface area contributed by atoms with E-state index >= 15 is 0 Å². The van der Waals surface area contributed by atoms with E-state index in [4.69, 9.17) is 9.84 Å². The molecule has 1 aliphatic heterocycles. The van der Waals surface area contributed by atoms with Crippen LogP contribution in [0.4, 0.5) is 14.9 Å². The summed E-state index contributed by atoms with van der Waals surface area (Å²) in [7, 11) is 0. The van der Waals surface area contributed by atoms with Crippen molar-refractivity contribution in [3.63, 3.8) is 0 Å². The Labute approximate surface area is 114 Å². The minimum Gasteiger partial charge on any atom is -0.481 e. The summed E-state index contributed by atoms with van der Waals surface area (Å²) in [6.07, 6.45) is 0. The maximum Gasteiger partial charge on any atom is 0.319 e. The van der Waals surface area contributed by atoms with Crippen LogP contribution < -0.4 is 10.6 Å². The Bertz CT molecular complexity index is 515. The van der Waals surface area contributed by atoms with Gasteiger partial charge in [-0.25, -0.2) is 9.18 Å². The number of benzene rings is 1. The van der Waals surface area contributed by atoms with Gasteiger partial charge in [0.25, 0.3) is 0 Å². The number of nitrogens with one attached hydrogen (secondary N) is 2. The highest BCUT2D eigenvalue weighted by Gasteiger charge is 2.35. The number of anilines is 1. The number of hydrogen-bond acceptors (Lipinski definition) is 3. The van der Waals surface area contributed by atoms with Crippen LogP contribution in [0.15, 0.2) is 18.2 Å². The second-order valence-electron chi connectivity index (χ2n) is 4.70. The fraction of sp³-hybridized carbons (Fsp3) is 0.385. The first-order valence-electron chi connectivity index (χ1n) is 6.11. The molecular weight excluding hydrogens is 267 g/mol. The molecular formula is C13H15FN2O4. The molecule has 1 saturated heterocycles. The number of rotatable bonds is 3. The van der Waals surface area contributed by atoms with Gasteiger partial charge in [0.15, 0.2) is 0 Å². The zero-order valence-electron chi connectivity index (χ0n) is 10.9. The van der Waals surface area contributed by atoms with Crippen LogP contribution in [0.5, 0.6) is 0 Å². The fourth-order valence-corrected chi connectivity index (χ4v) is 2.08. The van der Waals surface area contributed by atoms with Crippen molar-refractivity contribution in [2.75, 3.05) is 18.5 Å². The molecule has 0 aromatic heterocycles. The van der Waals surface area contributed by atoms with Crippen molar-refractivity contribution in [3.05, 3.63) is 29.6 Å². The van der Waals surface area contributed by atoms with E-state index in [0.717, 1.165) is 0 Å². The molecule has 20 heavy (non-hydrogen) atoms. The number of halogens is 1. The van der Waals surface area contributed by atoms with Gasteiger partial charge in [0.1, 0.15) is 11.7 Å². The van der Waals surface area contributed by atoms with Gasteiger partial charge in [-0.05, 0) is 30.7 Å². The first-order valence-corrected chi connectivity index (χ1v) is 6.11. The van der Waals surface area contributed by atoms with Crippen molar-refractivity contribution in [1.29, 1.82) is 0 Å². The van der Waals surface area contributed by atoms with Gasteiger partial charge in [0, 0.05) is 5.69 Å². The number of carbonyl (C=O) groups excluding carboxylic acids is 1. The van der Waals surface area contributed by atoms with Gasteiger partial charge in [0.05, 0.1) is 19.3 Å². The van der Waals surface area contributed by atoms with Crippen molar-refractivity contribution in [1.82, 2.24) is 5.32 Å². The number of urea groups is 1. The topological polar surface area (TPSA) is 87.7 Å². The Morgan fingerprint density at radius 2 is 2.10 bits per heavy atom. The highest BCUT2D eigenvalue weighted by molar-refractivity contribution is 5.90. The van der Waals surface area contributed by atoms with E-state index in [1.54, 1.807) is 13.0 Å². The third-order valence-electron chi connectivity index (χ3n) is 3.01. The van der Waals surface area contributed by atoms with Crippen LogP contribution in [0.25, 0.3) is 0 Å². The summed E-state index contributed by atoms with van der Waals surface area (Å²) in [6.45, 7) is 1.92. The maximum absolute atomic E-state index is 13.2. The number of carbonyl (C=O) groups is 2. The lowest BCUT2D eigenvalue weighted by Gasteiger charge is -2.16. The van der Waals surface area contributed by atoms with Gasteiger partial charge >= 0.3 is 12.0 Å². The monoisotopic (exact) mass is 282 g/mol. The van der Waals surface area contributed by atoms with Crippen LogP contribution in [-0.2, 0) is 9.53 Å². The van der Waals surface area contributed by atoms with E-state index in [0.29, 0.717) is 11.3 Å². The Morgan fingerprint density at radius 3 is 2.75 bits per heavy atom. The average molecular weight is 282 g/mol. The van der Waals surface area contributed by atoms with Crippen LogP contribution in [0.3, 0.4) is 0 Å². The van der Waals surface area contributed by atoms with E-state index < -0.39 is 29.8 Å². The normalized spacial score (nSPS) is 21.5. The molecule has 1 heterocycles. The minimum atomic E-state index is -1.02. The smallest absolute Gasteiger partial charge is 0.319 e. The molecule has 1 fully saturated rings. The Morgan fingerprint density at radius 1 is 1.35 bits per heavy atom. The predicted molar refractivity (Wildman–Crippen MR) is 69.0 cm³/mol.